The smallest absolute Gasteiger partial charge is 0.147 e. The van der Waals surface area contributed by atoms with Crippen molar-refractivity contribution < 1.29 is 14.1 Å². The zero-order valence-corrected chi connectivity index (χ0v) is 13.5. The predicted octanol–water partition coefficient (Wildman–Crippen LogP) is 2.68. The first-order valence-electron chi connectivity index (χ1n) is 7.74. The van der Waals surface area contributed by atoms with Gasteiger partial charge in [0, 0.05) is 18.8 Å². The minimum atomic E-state index is 0.365. The summed E-state index contributed by atoms with van der Waals surface area (Å²) in [6.45, 7) is 7.58. The van der Waals surface area contributed by atoms with Crippen LogP contribution in [0.2, 0.25) is 0 Å². The third-order valence-electron chi connectivity index (χ3n) is 3.94. The summed E-state index contributed by atoms with van der Waals surface area (Å²) in [6.07, 6.45) is 1.71. The van der Waals surface area contributed by atoms with Crippen LogP contribution in [0.3, 0.4) is 0 Å². The fraction of sp³-hybridized carbons (Fsp3) is 0.412. The van der Waals surface area contributed by atoms with E-state index in [1.54, 1.807) is 6.21 Å². The molecule has 23 heavy (non-hydrogen) atoms. The number of nitrogens with zero attached hydrogens (tertiary/aromatic N) is 3. The van der Waals surface area contributed by atoms with Crippen LogP contribution in [0, 0.1) is 13.8 Å². The highest BCUT2D eigenvalue weighted by molar-refractivity contribution is 5.79. The highest BCUT2D eigenvalue weighted by Gasteiger charge is 2.10. The van der Waals surface area contributed by atoms with E-state index >= 15 is 0 Å². The van der Waals surface area contributed by atoms with Crippen LogP contribution in [0.5, 0.6) is 0 Å². The van der Waals surface area contributed by atoms with Crippen LogP contribution >= 0.6 is 0 Å². The summed E-state index contributed by atoms with van der Waals surface area (Å²) >= 11 is 0. The third-order valence-corrected chi connectivity index (χ3v) is 3.94. The molecule has 2 heterocycles. The van der Waals surface area contributed by atoms with Gasteiger partial charge in [0.15, 0.2) is 0 Å². The van der Waals surface area contributed by atoms with E-state index in [0.29, 0.717) is 6.61 Å². The largest absolute Gasteiger partial charge is 0.391 e. The van der Waals surface area contributed by atoms with Crippen molar-refractivity contribution in [3.63, 3.8) is 0 Å². The summed E-state index contributed by atoms with van der Waals surface area (Å²) in [5.74, 6) is 0.771. The van der Waals surface area contributed by atoms with Gasteiger partial charge in [0.2, 0.25) is 0 Å². The number of benzene rings is 1. The molecule has 6 nitrogen and oxygen atoms in total. The van der Waals surface area contributed by atoms with Crippen molar-refractivity contribution in [1.29, 1.82) is 0 Å². The number of aryl methyl sites for hydroxylation is 2. The minimum Gasteiger partial charge on any atom is -0.391 e. The lowest BCUT2D eigenvalue weighted by Crippen LogP contribution is -2.36. The Kier molecular flexibility index (Phi) is 4.92. The molecule has 1 saturated heterocycles. The highest BCUT2D eigenvalue weighted by Crippen LogP contribution is 2.16. The molecule has 0 atom stereocenters. The molecular weight excluding hydrogens is 294 g/mol. The Hall–Kier alpha value is -2.34. The Morgan fingerprint density at radius 1 is 1.22 bits per heavy atom. The molecule has 122 valence electrons. The van der Waals surface area contributed by atoms with Crippen LogP contribution in [0.15, 0.2) is 33.9 Å². The van der Waals surface area contributed by atoms with Gasteiger partial charge >= 0.3 is 0 Å². The van der Waals surface area contributed by atoms with Gasteiger partial charge in [-0.3, -0.25) is 0 Å². The Bertz CT molecular complexity index is 639. The Labute approximate surface area is 135 Å². The van der Waals surface area contributed by atoms with Crippen molar-refractivity contribution >= 4 is 11.9 Å². The lowest BCUT2D eigenvalue weighted by Gasteiger charge is -2.28. The zero-order valence-electron chi connectivity index (χ0n) is 13.5. The van der Waals surface area contributed by atoms with Crippen molar-refractivity contribution in [1.82, 2.24) is 5.16 Å². The first-order chi connectivity index (χ1) is 11.2. The van der Waals surface area contributed by atoms with Gasteiger partial charge in [-0.25, -0.2) is 0 Å². The Morgan fingerprint density at radius 3 is 2.61 bits per heavy atom. The number of oxime groups is 1. The van der Waals surface area contributed by atoms with Crippen molar-refractivity contribution in [2.75, 3.05) is 31.2 Å². The fourth-order valence-corrected chi connectivity index (χ4v) is 2.50. The number of aromatic nitrogens is 1. The standard InChI is InChI=1S/C17H21N3O3/c1-13-17(14(2)23-19-13)12-22-18-11-15-3-5-16(6-4-15)20-7-9-21-10-8-20/h3-6,11H,7-10,12H2,1-2H3/b18-11+. The van der Waals surface area contributed by atoms with Gasteiger partial charge in [-0.05, 0) is 31.5 Å². The molecule has 0 bridgehead atoms. The van der Waals surface area contributed by atoms with Crippen LogP contribution in [-0.2, 0) is 16.2 Å². The molecule has 1 fully saturated rings. The van der Waals surface area contributed by atoms with E-state index in [-0.39, 0.29) is 0 Å². The van der Waals surface area contributed by atoms with Crippen LogP contribution in [0.1, 0.15) is 22.6 Å². The summed E-state index contributed by atoms with van der Waals surface area (Å²) in [6, 6.07) is 8.27. The number of rotatable bonds is 5. The summed E-state index contributed by atoms with van der Waals surface area (Å²) in [4.78, 5) is 7.65. The van der Waals surface area contributed by atoms with Crippen LogP contribution in [-0.4, -0.2) is 37.7 Å². The monoisotopic (exact) mass is 315 g/mol. The van der Waals surface area contributed by atoms with Crippen molar-refractivity contribution in [3.05, 3.63) is 46.8 Å². The molecule has 6 heteroatoms. The zero-order chi connectivity index (χ0) is 16.1. The second-order valence-electron chi connectivity index (χ2n) is 5.50. The molecule has 0 N–H and O–H groups in total. The molecule has 0 saturated carbocycles. The lowest BCUT2D eigenvalue weighted by molar-refractivity contribution is 0.122. The molecule has 2 aromatic rings. The number of morpholine rings is 1. The molecule has 1 aliphatic rings. The van der Waals surface area contributed by atoms with Gasteiger partial charge in [-0.2, -0.15) is 0 Å². The molecular formula is C17H21N3O3. The number of ether oxygens (including phenoxy) is 1. The van der Waals surface area contributed by atoms with Gasteiger partial charge in [0.05, 0.1) is 30.7 Å². The molecule has 1 aromatic carbocycles. The maximum Gasteiger partial charge on any atom is 0.147 e. The fourth-order valence-electron chi connectivity index (χ4n) is 2.50. The lowest BCUT2D eigenvalue weighted by atomic mass is 10.2. The van der Waals surface area contributed by atoms with E-state index < -0.39 is 0 Å². The van der Waals surface area contributed by atoms with Crippen LogP contribution in [0.25, 0.3) is 0 Å². The van der Waals surface area contributed by atoms with E-state index in [1.165, 1.54) is 5.69 Å². The van der Waals surface area contributed by atoms with Crippen molar-refractivity contribution in [2.45, 2.75) is 20.5 Å². The quantitative estimate of drug-likeness (QED) is 0.627. The average molecular weight is 315 g/mol. The van der Waals surface area contributed by atoms with E-state index in [4.69, 9.17) is 14.1 Å². The predicted molar refractivity (Wildman–Crippen MR) is 87.8 cm³/mol. The topological polar surface area (TPSA) is 60.1 Å². The molecule has 1 aliphatic heterocycles. The first kappa shape index (κ1) is 15.6. The summed E-state index contributed by atoms with van der Waals surface area (Å²) < 4.78 is 10.5. The number of anilines is 1. The molecule has 0 spiro atoms. The summed E-state index contributed by atoms with van der Waals surface area (Å²) in [5, 5.41) is 7.90. The van der Waals surface area contributed by atoms with Gasteiger partial charge < -0.3 is 19.0 Å². The maximum atomic E-state index is 5.37. The van der Waals surface area contributed by atoms with E-state index in [1.807, 2.05) is 26.0 Å². The van der Waals surface area contributed by atoms with E-state index in [2.05, 4.69) is 27.3 Å². The van der Waals surface area contributed by atoms with Gasteiger partial charge in [0.25, 0.3) is 0 Å². The summed E-state index contributed by atoms with van der Waals surface area (Å²) in [5.41, 5.74) is 4.00. The minimum absolute atomic E-state index is 0.365. The molecule has 1 aromatic heterocycles. The Balaban J connectivity index is 1.53. The van der Waals surface area contributed by atoms with E-state index in [9.17, 15) is 0 Å². The molecule has 3 rings (SSSR count). The van der Waals surface area contributed by atoms with Gasteiger partial charge in [-0.1, -0.05) is 22.4 Å². The third kappa shape index (κ3) is 3.90. The second-order valence-corrected chi connectivity index (χ2v) is 5.50. The number of hydrogen-bond acceptors (Lipinski definition) is 6. The maximum absolute atomic E-state index is 5.37. The van der Waals surface area contributed by atoms with Gasteiger partial charge in [-0.15, -0.1) is 0 Å². The van der Waals surface area contributed by atoms with Gasteiger partial charge in [0.1, 0.15) is 12.4 Å². The van der Waals surface area contributed by atoms with Crippen molar-refractivity contribution in [3.8, 4) is 0 Å². The normalized spacial score (nSPS) is 15.3. The summed E-state index contributed by atoms with van der Waals surface area (Å²) in [7, 11) is 0. The molecule has 0 radical (unpaired) electrons. The molecule has 0 amide bonds. The van der Waals surface area contributed by atoms with Crippen molar-refractivity contribution in [2.24, 2.45) is 5.16 Å². The SMILES string of the molecule is Cc1noc(C)c1CO/N=C/c1ccc(N2CCOCC2)cc1. The Morgan fingerprint density at radius 2 is 1.96 bits per heavy atom. The average Bonchev–Trinajstić information content (AvgIpc) is 2.92. The second kappa shape index (κ2) is 7.28. The van der Waals surface area contributed by atoms with Crippen LogP contribution in [0.4, 0.5) is 5.69 Å². The van der Waals surface area contributed by atoms with E-state index in [0.717, 1.165) is 48.9 Å². The highest BCUT2D eigenvalue weighted by atomic mass is 16.6. The first-order valence-corrected chi connectivity index (χ1v) is 7.74. The van der Waals surface area contributed by atoms with Crippen LogP contribution < -0.4 is 4.90 Å². The number of hydrogen-bond donors (Lipinski definition) is 0. The molecule has 0 aliphatic carbocycles. The molecule has 0 unspecified atom stereocenters.